The second-order valence-corrected chi connectivity index (χ2v) is 7.27. The molecule has 0 saturated carbocycles. The Morgan fingerprint density at radius 3 is 2.58 bits per heavy atom. The number of carbonyl (C=O) groups excluding carboxylic acids is 1. The van der Waals surface area contributed by atoms with Crippen LogP contribution in [-0.2, 0) is 25.7 Å². The largest absolute Gasteiger partial charge is 0.433 e. The van der Waals surface area contributed by atoms with Gasteiger partial charge in [0, 0.05) is 25.8 Å². The number of rotatable bonds is 4. The van der Waals surface area contributed by atoms with Crippen molar-refractivity contribution in [3.8, 4) is 11.1 Å². The zero-order valence-corrected chi connectivity index (χ0v) is 16.1. The highest BCUT2D eigenvalue weighted by Gasteiger charge is 2.32. The number of aldehydes is 1. The molecule has 0 aliphatic carbocycles. The lowest BCUT2D eigenvalue weighted by Crippen LogP contribution is -2.31. The van der Waals surface area contributed by atoms with E-state index in [0.717, 1.165) is 30.0 Å². The number of hydrogen-bond donors (Lipinski definition) is 0. The Balaban J connectivity index is 1.64. The first kappa shape index (κ1) is 21.0. The molecule has 0 amide bonds. The van der Waals surface area contributed by atoms with Gasteiger partial charge in [-0.05, 0) is 59.0 Å². The van der Waals surface area contributed by atoms with Gasteiger partial charge in [0.25, 0.3) is 0 Å². The van der Waals surface area contributed by atoms with Crippen LogP contribution in [0.25, 0.3) is 11.1 Å². The maximum Gasteiger partial charge on any atom is 0.433 e. The molecule has 1 aromatic carbocycles. The van der Waals surface area contributed by atoms with Gasteiger partial charge in [0.15, 0.2) is 17.9 Å². The Bertz CT molecular complexity index is 1150. The van der Waals surface area contributed by atoms with E-state index >= 15 is 0 Å². The Morgan fingerprint density at radius 1 is 1.06 bits per heavy atom. The standard InChI is InChI=1S/C22H16F5N3O/c23-18-2-1-14(8-19(18)24)17-9-15(12-31)29-20-11-30(6-4-16(17)20)10-13-3-5-28-21(7-13)22(25,26)27/h1-3,5,7-9,12H,4,6,10-11H2. The highest BCUT2D eigenvalue weighted by atomic mass is 19.4. The van der Waals surface area contributed by atoms with Crippen LogP contribution in [0.1, 0.15) is 33.0 Å². The lowest BCUT2D eigenvalue weighted by atomic mass is 9.93. The maximum atomic E-state index is 13.7. The molecule has 4 nitrogen and oxygen atoms in total. The van der Waals surface area contributed by atoms with Crippen molar-refractivity contribution in [2.24, 2.45) is 0 Å². The molecule has 4 rings (SSSR count). The van der Waals surface area contributed by atoms with Crippen LogP contribution in [0.4, 0.5) is 22.0 Å². The highest BCUT2D eigenvalue weighted by Crippen LogP contribution is 2.32. The number of benzene rings is 1. The Kier molecular flexibility index (Phi) is 5.53. The lowest BCUT2D eigenvalue weighted by molar-refractivity contribution is -0.141. The van der Waals surface area contributed by atoms with Crippen molar-refractivity contribution in [1.82, 2.24) is 14.9 Å². The summed E-state index contributed by atoms with van der Waals surface area (Å²) in [6.45, 7) is 1.07. The SMILES string of the molecule is O=Cc1cc(-c2ccc(F)c(F)c2)c2c(n1)CN(Cc1ccnc(C(F)(F)F)c1)CC2. The number of alkyl halides is 3. The molecule has 0 unspecified atom stereocenters. The predicted molar refractivity (Wildman–Crippen MR) is 102 cm³/mol. The molecule has 3 heterocycles. The predicted octanol–water partition coefficient (Wildman–Crippen LogP) is 4.81. The molecule has 0 N–H and O–H groups in total. The maximum absolute atomic E-state index is 13.7. The van der Waals surface area contributed by atoms with E-state index < -0.39 is 23.5 Å². The molecule has 160 valence electrons. The van der Waals surface area contributed by atoms with E-state index in [4.69, 9.17) is 0 Å². The smallest absolute Gasteiger partial charge is 0.296 e. The van der Waals surface area contributed by atoms with Crippen molar-refractivity contribution < 1.29 is 26.7 Å². The van der Waals surface area contributed by atoms with Crippen molar-refractivity contribution in [3.63, 3.8) is 0 Å². The number of carbonyl (C=O) groups is 1. The van der Waals surface area contributed by atoms with Gasteiger partial charge in [-0.3, -0.25) is 14.7 Å². The quantitative estimate of drug-likeness (QED) is 0.438. The monoisotopic (exact) mass is 433 g/mol. The van der Waals surface area contributed by atoms with Gasteiger partial charge in [0.1, 0.15) is 11.4 Å². The lowest BCUT2D eigenvalue weighted by Gasteiger charge is -2.30. The van der Waals surface area contributed by atoms with E-state index in [9.17, 15) is 26.7 Å². The summed E-state index contributed by atoms with van der Waals surface area (Å²) in [4.78, 5) is 21.0. The zero-order valence-electron chi connectivity index (χ0n) is 16.1. The minimum atomic E-state index is -4.52. The number of pyridine rings is 2. The minimum absolute atomic E-state index is 0.142. The van der Waals surface area contributed by atoms with E-state index in [1.54, 1.807) is 0 Å². The second-order valence-electron chi connectivity index (χ2n) is 7.27. The number of halogens is 5. The summed E-state index contributed by atoms with van der Waals surface area (Å²) in [7, 11) is 0. The summed E-state index contributed by atoms with van der Waals surface area (Å²) < 4.78 is 65.8. The van der Waals surface area contributed by atoms with E-state index in [1.807, 2.05) is 4.90 Å². The number of hydrogen-bond acceptors (Lipinski definition) is 4. The fourth-order valence-corrected chi connectivity index (χ4v) is 3.72. The van der Waals surface area contributed by atoms with E-state index in [2.05, 4.69) is 9.97 Å². The van der Waals surface area contributed by atoms with Crippen LogP contribution >= 0.6 is 0 Å². The molecule has 0 atom stereocenters. The fraction of sp³-hybridized carbons (Fsp3) is 0.227. The van der Waals surface area contributed by atoms with Crippen molar-refractivity contribution in [2.45, 2.75) is 25.7 Å². The molecule has 0 spiro atoms. The molecule has 1 aliphatic rings. The highest BCUT2D eigenvalue weighted by molar-refractivity contribution is 5.78. The Labute approximate surface area is 174 Å². The van der Waals surface area contributed by atoms with Crippen molar-refractivity contribution in [1.29, 1.82) is 0 Å². The summed E-state index contributed by atoms with van der Waals surface area (Å²) in [6.07, 6.45) is -2.33. The number of fused-ring (bicyclic) bond motifs is 1. The van der Waals surface area contributed by atoms with Gasteiger partial charge in [-0.25, -0.2) is 13.8 Å². The summed E-state index contributed by atoms with van der Waals surface area (Å²) in [5.41, 5.74) is 2.05. The zero-order chi connectivity index (χ0) is 22.2. The van der Waals surface area contributed by atoms with Crippen molar-refractivity contribution in [3.05, 3.63) is 82.4 Å². The second kappa shape index (κ2) is 8.14. The normalized spacial score (nSPS) is 14.4. The van der Waals surface area contributed by atoms with Crippen molar-refractivity contribution >= 4 is 6.29 Å². The molecular formula is C22H16F5N3O. The van der Waals surface area contributed by atoms with Gasteiger partial charge in [-0.15, -0.1) is 0 Å². The van der Waals surface area contributed by atoms with Gasteiger partial charge in [-0.2, -0.15) is 13.2 Å². The minimum Gasteiger partial charge on any atom is -0.296 e. The molecule has 1 aliphatic heterocycles. The van der Waals surface area contributed by atoms with Crippen LogP contribution < -0.4 is 0 Å². The van der Waals surface area contributed by atoms with Crippen LogP contribution in [0.15, 0.2) is 42.6 Å². The van der Waals surface area contributed by atoms with Crippen LogP contribution in [0.5, 0.6) is 0 Å². The molecule has 3 aromatic rings. The van der Waals surface area contributed by atoms with Crippen LogP contribution in [0.2, 0.25) is 0 Å². The van der Waals surface area contributed by atoms with Gasteiger partial charge in [-0.1, -0.05) is 6.07 Å². The molecule has 0 fully saturated rings. The first-order chi connectivity index (χ1) is 14.7. The average molecular weight is 433 g/mol. The molecule has 9 heteroatoms. The topological polar surface area (TPSA) is 46.1 Å². The third kappa shape index (κ3) is 4.46. The molecule has 0 bridgehead atoms. The molecule has 0 saturated heterocycles. The van der Waals surface area contributed by atoms with Gasteiger partial charge in [0.2, 0.25) is 0 Å². The van der Waals surface area contributed by atoms with Gasteiger partial charge < -0.3 is 0 Å². The third-order valence-electron chi connectivity index (χ3n) is 5.15. The fourth-order valence-electron chi connectivity index (χ4n) is 3.72. The number of aromatic nitrogens is 2. The Hall–Kier alpha value is -3.20. The number of nitrogens with zero attached hydrogens (tertiary/aromatic N) is 3. The summed E-state index contributed by atoms with van der Waals surface area (Å²) in [5, 5.41) is 0. The summed E-state index contributed by atoms with van der Waals surface area (Å²) >= 11 is 0. The molecular weight excluding hydrogens is 417 g/mol. The molecule has 31 heavy (non-hydrogen) atoms. The average Bonchev–Trinajstić information content (AvgIpc) is 2.74. The van der Waals surface area contributed by atoms with E-state index in [-0.39, 0.29) is 12.2 Å². The first-order valence-corrected chi connectivity index (χ1v) is 9.42. The summed E-state index contributed by atoms with van der Waals surface area (Å²) in [5.74, 6) is -1.96. The van der Waals surface area contributed by atoms with Crippen LogP contribution in [-0.4, -0.2) is 27.7 Å². The first-order valence-electron chi connectivity index (χ1n) is 9.42. The third-order valence-corrected chi connectivity index (χ3v) is 5.15. The molecule has 2 aromatic heterocycles. The molecule has 0 radical (unpaired) electrons. The summed E-state index contributed by atoms with van der Waals surface area (Å²) in [6, 6.07) is 7.60. The Morgan fingerprint density at radius 2 is 1.87 bits per heavy atom. The van der Waals surface area contributed by atoms with Crippen LogP contribution in [0.3, 0.4) is 0 Å². The van der Waals surface area contributed by atoms with E-state index in [0.29, 0.717) is 48.2 Å². The van der Waals surface area contributed by atoms with Crippen LogP contribution in [0, 0.1) is 11.6 Å². The van der Waals surface area contributed by atoms with E-state index in [1.165, 1.54) is 18.2 Å². The van der Waals surface area contributed by atoms with Gasteiger partial charge in [0.05, 0.1) is 5.69 Å². The van der Waals surface area contributed by atoms with Gasteiger partial charge >= 0.3 is 6.18 Å². The van der Waals surface area contributed by atoms with Crippen molar-refractivity contribution in [2.75, 3.05) is 6.54 Å².